The predicted molar refractivity (Wildman–Crippen MR) is 127 cm³/mol. The molecule has 33 heavy (non-hydrogen) atoms. The molecule has 1 amide bonds. The van der Waals surface area contributed by atoms with E-state index in [1.54, 1.807) is 48.9 Å². The van der Waals surface area contributed by atoms with Gasteiger partial charge in [-0.1, -0.05) is 12.7 Å². The van der Waals surface area contributed by atoms with Crippen LogP contribution in [0.15, 0.2) is 47.9 Å². The van der Waals surface area contributed by atoms with Gasteiger partial charge in [0.25, 0.3) is 5.91 Å². The average molecular weight is 454 g/mol. The van der Waals surface area contributed by atoms with Gasteiger partial charge >= 0.3 is 0 Å². The Morgan fingerprint density at radius 1 is 1.30 bits per heavy atom. The van der Waals surface area contributed by atoms with Gasteiger partial charge in [-0.25, -0.2) is 14.4 Å². The molecule has 0 saturated carbocycles. The van der Waals surface area contributed by atoms with Crippen LogP contribution < -0.4 is 5.32 Å². The Morgan fingerprint density at radius 3 is 2.61 bits per heavy atom. The molecule has 0 aliphatic carbocycles. The Kier molecular flexibility index (Phi) is 7.49. The van der Waals surface area contributed by atoms with Crippen LogP contribution in [0.1, 0.15) is 29.9 Å². The molecule has 0 spiro atoms. The lowest BCUT2D eigenvalue weighted by Gasteiger charge is -2.32. The predicted octanol–water partition coefficient (Wildman–Crippen LogP) is 3.97. The minimum Gasteiger partial charge on any atom is -0.347 e. The summed E-state index contributed by atoms with van der Waals surface area (Å²) < 4.78 is 14.5. The van der Waals surface area contributed by atoms with E-state index in [1.807, 2.05) is 7.05 Å². The average Bonchev–Trinajstić information content (AvgIpc) is 2.81. The largest absolute Gasteiger partial charge is 0.347 e. The molecule has 1 aromatic carbocycles. The van der Waals surface area contributed by atoms with Crippen LogP contribution >= 0.6 is 0 Å². The number of piperazine rings is 1. The summed E-state index contributed by atoms with van der Waals surface area (Å²) in [6, 6.07) is 4.65. The molecule has 0 unspecified atom stereocenters. The zero-order valence-electron chi connectivity index (χ0n) is 19.3. The van der Waals surface area contributed by atoms with Crippen molar-refractivity contribution in [2.24, 2.45) is 5.18 Å². The number of carbonyl (C=O) groups excluding carboxylic acids is 1. The molecule has 10 heteroatoms. The molecule has 3 rings (SSSR count). The number of likely N-dealkylation sites (N-methyl/N-ethyl adjacent to an activating group) is 1. The van der Waals surface area contributed by atoms with E-state index in [0.717, 1.165) is 25.0 Å². The summed E-state index contributed by atoms with van der Waals surface area (Å²) in [5.74, 6) is -0.675. The number of amides is 1. The van der Waals surface area contributed by atoms with Crippen LogP contribution in [-0.2, 0) is 0 Å². The molecule has 1 fully saturated rings. The number of hydrogen-bond acceptors (Lipinski definition) is 8. The smallest absolute Gasteiger partial charge is 0.256 e. The monoisotopic (exact) mass is 453 g/mol. The third-order valence-corrected chi connectivity index (χ3v) is 5.57. The van der Waals surface area contributed by atoms with E-state index in [2.05, 4.69) is 31.9 Å². The first-order chi connectivity index (χ1) is 15.7. The molecule has 0 atom stereocenters. The normalized spacial score (nSPS) is 14.7. The van der Waals surface area contributed by atoms with E-state index in [-0.39, 0.29) is 28.8 Å². The second kappa shape index (κ2) is 10.3. The summed E-state index contributed by atoms with van der Waals surface area (Å²) in [6.45, 7) is 10.2. The summed E-state index contributed by atoms with van der Waals surface area (Å²) in [5.41, 5.74) is 2.07. The molecule has 174 valence electrons. The second-order valence-electron chi connectivity index (χ2n) is 7.90. The van der Waals surface area contributed by atoms with Crippen LogP contribution in [0, 0.1) is 10.7 Å². The Balaban J connectivity index is 1.85. The molecule has 2 aromatic rings. The van der Waals surface area contributed by atoms with Crippen molar-refractivity contribution in [3.63, 3.8) is 0 Å². The SMILES string of the molecule is C=C(C)N(C)/C(=C\C)c1nc(Nc2ccc(C(=O)N3CCN(C)CC3)c(N=O)c2)ncc1F. The van der Waals surface area contributed by atoms with Gasteiger partial charge in [-0.05, 0) is 44.3 Å². The summed E-state index contributed by atoms with van der Waals surface area (Å²) in [5, 5.41) is 6.00. The summed E-state index contributed by atoms with van der Waals surface area (Å²) >= 11 is 0. The van der Waals surface area contributed by atoms with Gasteiger partial charge in [0.1, 0.15) is 11.4 Å². The Bertz CT molecular complexity index is 1090. The van der Waals surface area contributed by atoms with Crippen LogP contribution in [0.25, 0.3) is 5.70 Å². The number of nitrogens with one attached hydrogen (secondary N) is 1. The van der Waals surface area contributed by atoms with Crippen molar-refractivity contribution in [2.45, 2.75) is 13.8 Å². The number of anilines is 2. The van der Waals surface area contributed by atoms with Crippen LogP contribution in [-0.4, -0.2) is 70.8 Å². The standard InChI is InChI=1S/C23H28FN7O2/c1-6-20(30(5)15(2)3)21-18(24)14-25-23(27-21)26-16-7-8-17(19(13-16)28-33)22(32)31-11-9-29(4)10-12-31/h6-8,13-14H,2,9-12H2,1,3-5H3,(H,25,26,27)/b20-6-. The molecular formula is C23H28FN7O2. The van der Waals surface area contributed by atoms with Crippen molar-refractivity contribution in [1.82, 2.24) is 24.7 Å². The molecule has 0 bridgehead atoms. The molecule has 1 N–H and O–H groups in total. The number of hydrogen-bond donors (Lipinski definition) is 1. The number of nitroso groups, excluding NO2 is 1. The fourth-order valence-electron chi connectivity index (χ4n) is 3.48. The highest BCUT2D eigenvalue weighted by atomic mass is 19.1. The van der Waals surface area contributed by atoms with Crippen molar-refractivity contribution in [3.05, 3.63) is 64.7 Å². The van der Waals surface area contributed by atoms with E-state index in [0.29, 0.717) is 24.5 Å². The van der Waals surface area contributed by atoms with E-state index >= 15 is 0 Å². The molecule has 1 saturated heterocycles. The van der Waals surface area contributed by atoms with Gasteiger partial charge in [-0.3, -0.25) is 4.79 Å². The van der Waals surface area contributed by atoms with Gasteiger partial charge in [0, 0.05) is 44.6 Å². The minimum atomic E-state index is -0.579. The number of aromatic nitrogens is 2. The number of halogens is 1. The topological polar surface area (TPSA) is 94.0 Å². The Hall–Kier alpha value is -3.66. The highest BCUT2D eigenvalue weighted by Crippen LogP contribution is 2.28. The van der Waals surface area contributed by atoms with Crippen LogP contribution in [0.4, 0.5) is 21.7 Å². The summed E-state index contributed by atoms with van der Waals surface area (Å²) in [7, 11) is 3.77. The molecule has 2 heterocycles. The first-order valence-electron chi connectivity index (χ1n) is 10.6. The van der Waals surface area contributed by atoms with Crippen molar-refractivity contribution in [2.75, 3.05) is 45.6 Å². The van der Waals surface area contributed by atoms with Gasteiger partial charge in [-0.15, -0.1) is 4.91 Å². The maximum atomic E-state index is 14.5. The molecule has 1 aliphatic heterocycles. The Labute approximate surface area is 192 Å². The fraction of sp³-hybridized carbons (Fsp3) is 0.348. The van der Waals surface area contributed by atoms with Crippen molar-refractivity contribution >= 4 is 28.9 Å². The van der Waals surface area contributed by atoms with E-state index in [1.165, 1.54) is 6.07 Å². The number of allylic oxidation sites excluding steroid dienone is 2. The number of benzene rings is 1. The van der Waals surface area contributed by atoms with E-state index in [9.17, 15) is 14.1 Å². The van der Waals surface area contributed by atoms with Crippen molar-refractivity contribution in [1.29, 1.82) is 0 Å². The highest BCUT2D eigenvalue weighted by molar-refractivity contribution is 5.99. The number of nitrogens with zero attached hydrogens (tertiary/aromatic N) is 6. The minimum absolute atomic E-state index is 0.0161. The lowest BCUT2D eigenvalue weighted by Crippen LogP contribution is -2.47. The first kappa shape index (κ1) is 24.0. The quantitative estimate of drug-likeness (QED) is 0.634. The zero-order valence-corrected chi connectivity index (χ0v) is 19.3. The summed E-state index contributed by atoms with van der Waals surface area (Å²) in [4.78, 5) is 38.2. The van der Waals surface area contributed by atoms with Gasteiger partial charge in [0.05, 0.1) is 17.5 Å². The third kappa shape index (κ3) is 5.40. The first-order valence-corrected chi connectivity index (χ1v) is 10.6. The zero-order chi connectivity index (χ0) is 24.1. The lowest BCUT2D eigenvalue weighted by atomic mass is 10.1. The summed E-state index contributed by atoms with van der Waals surface area (Å²) in [6.07, 6.45) is 2.81. The van der Waals surface area contributed by atoms with Crippen LogP contribution in [0.3, 0.4) is 0 Å². The second-order valence-corrected chi connectivity index (χ2v) is 7.90. The van der Waals surface area contributed by atoms with Gasteiger partial charge in [-0.2, -0.15) is 0 Å². The van der Waals surface area contributed by atoms with Gasteiger partial charge in [0.15, 0.2) is 5.82 Å². The van der Waals surface area contributed by atoms with Crippen molar-refractivity contribution in [3.8, 4) is 0 Å². The number of rotatable bonds is 7. The molecular weight excluding hydrogens is 425 g/mol. The number of carbonyl (C=O) groups is 1. The Morgan fingerprint density at radius 2 is 2.00 bits per heavy atom. The molecule has 1 aromatic heterocycles. The molecule has 0 radical (unpaired) electrons. The molecule has 9 nitrogen and oxygen atoms in total. The van der Waals surface area contributed by atoms with Gasteiger partial charge in [0.2, 0.25) is 5.95 Å². The maximum Gasteiger partial charge on any atom is 0.256 e. The lowest BCUT2D eigenvalue weighted by molar-refractivity contribution is 0.0665. The van der Waals surface area contributed by atoms with Crippen LogP contribution in [0.2, 0.25) is 0 Å². The third-order valence-electron chi connectivity index (χ3n) is 5.57. The van der Waals surface area contributed by atoms with E-state index in [4.69, 9.17) is 0 Å². The van der Waals surface area contributed by atoms with Crippen LogP contribution in [0.5, 0.6) is 0 Å². The van der Waals surface area contributed by atoms with E-state index < -0.39 is 5.82 Å². The molecule has 1 aliphatic rings. The van der Waals surface area contributed by atoms with Crippen molar-refractivity contribution < 1.29 is 9.18 Å². The highest BCUT2D eigenvalue weighted by Gasteiger charge is 2.23. The maximum absolute atomic E-state index is 14.5. The fourth-order valence-corrected chi connectivity index (χ4v) is 3.48. The van der Waals surface area contributed by atoms with Gasteiger partial charge < -0.3 is 20.0 Å².